The molecule has 0 spiro atoms. The molecule has 1 N–H and O–H groups in total. The summed E-state index contributed by atoms with van der Waals surface area (Å²) in [5.41, 5.74) is 6.55. The highest BCUT2D eigenvalue weighted by molar-refractivity contribution is 5.71. The Hall–Kier alpha value is -4.05. The van der Waals surface area contributed by atoms with Crippen LogP contribution in [0.4, 0.5) is 0 Å². The van der Waals surface area contributed by atoms with Crippen molar-refractivity contribution in [3.63, 3.8) is 0 Å². The molecule has 1 aromatic heterocycles. The van der Waals surface area contributed by atoms with E-state index in [-0.39, 0.29) is 0 Å². The maximum atomic E-state index is 6.01. The van der Waals surface area contributed by atoms with Gasteiger partial charge < -0.3 is 9.47 Å². The van der Waals surface area contributed by atoms with Gasteiger partial charge >= 0.3 is 0 Å². The minimum atomic E-state index is 0.304. The molecule has 1 aliphatic carbocycles. The SMILES string of the molecule is CCCCCCOc1ccc(COc2ccc(-c3cc(-c4ccccc4C4C=CC=C4)[nH]n3)cc2)cc1. The molecular weight excluding hydrogens is 456 g/mol. The quantitative estimate of drug-likeness (QED) is 0.203. The van der Waals surface area contributed by atoms with Crippen molar-refractivity contribution in [1.82, 2.24) is 10.2 Å². The van der Waals surface area contributed by atoms with E-state index < -0.39 is 0 Å². The molecule has 188 valence electrons. The van der Waals surface area contributed by atoms with Crippen LogP contribution in [-0.2, 0) is 6.61 Å². The van der Waals surface area contributed by atoms with E-state index in [4.69, 9.17) is 9.47 Å². The molecule has 0 saturated heterocycles. The fourth-order valence-electron chi connectivity index (χ4n) is 4.57. The molecule has 3 aromatic carbocycles. The van der Waals surface area contributed by atoms with Crippen molar-refractivity contribution < 1.29 is 9.47 Å². The molecule has 0 radical (unpaired) electrons. The van der Waals surface area contributed by atoms with Gasteiger partial charge in [0.1, 0.15) is 18.1 Å². The third-order valence-electron chi connectivity index (χ3n) is 6.68. The first-order valence-electron chi connectivity index (χ1n) is 13.2. The van der Waals surface area contributed by atoms with E-state index in [2.05, 4.69) is 96.0 Å². The number of hydrogen-bond donors (Lipinski definition) is 1. The number of H-pyrrole nitrogens is 1. The van der Waals surface area contributed by atoms with Gasteiger partial charge in [-0.2, -0.15) is 5.10 Å². The van der Waals surface area contributed by atoms with Crippen LogP contribution in [0.25, 0.3) is 22.5 Å². The molecule has 4 aromatic rings. The van der Waals surface area contributed by atoms with Crippen LogP contribution in [-0.4, -0.2) is 16.8 Å². The van der Waals surface area contributed by atoms with Gasteiger partial charge in [-0.15, -0.1) is 0 Å². The third-order valence-corrected chi connectivity index (χ3v) is 6.68. The summed E-state index contributed by atoms with van der Waals surface area (Å²) >= 11 is 0. The molecule has 0 aliphatic heterocycles. The lowest BCUT2D eigenvalue weighted by molar-refractivity contribution is 0.300. The molecule has 0 bridgehead atoms. The first-order chi connectivity index (χ1) is 18.3. The van der Waals surface area contributed by atoms with Crippen molar-refractivity contribution in [2.45, 2.75) is 45.1 Å². The Labute approximate surface area is 219 Å². The largest absolute Gasteiger partial charge is 0.494 e. The zero-order valence-electron chi connectivity index (χ0n) is 21.4. The standard InChI is InChI=1S/C33H34N2O2/c1-2-3-4-9-22-36-28-18-14-25(15-19-28)24-37-29-20-16-27(17-21-29)32-23-33(35-34-32)31-13-8-7-12-30(31)26-10-5-6-11-26/h5-8,10-21,23,26H,2-4,9,22,24H2,1H3,(H,34,35). The van der Waals surface area contributed by atoms with Crippen LogP contribution >= 0.6 is 0 Å². The highest BCUT2D eigenvalue weighted by Crippen LogP contribution is 2.33. The van der Waals surface area contributed by atoms with Crippen LogP contribution in [0.15, 0.2) is 103 Å². The number of unbranched alkanes of at least 4 members (excludes halogenated alkanes) is 3. The van der Waals surface area contributed by atoms with E-state index in [0.717, 1.165) is 47.0 Å². The third kappa shape index (κ3) is 6.39. The van der Waals surface area contributed by atoms with Gasteiger partial charge in [0.25, 0.3) is 0 Å². The average Bonchev–Trinajstić information content (AvgIpc) is 3.66. The van der Waals surface area contributed by atoms with Crippen molar-refractivity contribution in [2.75, 3.05) is 6.61 Å². The lowest BCUT2D eigenvalue weighted by atomic mass is 9.93. The number of nitrogens with zero attached hydrogens (tertiary/aromatic N) is 1. The van der Waals surface area contributed by atoms with E-state index in [0.29, 0.717) is 12.5 Å². The topological polar surface area (TPSA) is 47.1 Å². The highest BCUT2D eigenvalue weighted by Gasteiger charge is 2.15. The number of rotatable bonds is 12. The lowest BCUT2D eigenvalue weighted by Gasteiger charge is -2.11. The first kappa shape index (κ1) is 24.6. The number of nitrogens with one attached hydrogen (secondary N) is 1. The zero-order valence-corrected chi connectivity index (χ0v) is 21.4. The molecule has 1 aliphatic rings. The minimum Gasteiger partial charge on any atom is -0.494 e. The van der Waals surface area contributed by atoms with Gasteiger partial charge in [0.05, 0.1) is 18.0 Å². The van der Waals surface area contributed by atoms with Crippen LogP contribution < -0.4 is 9.47 Å². The average molecular weight is 491 g/mol. The molecular formula is C33H34N2O2. The maximum Gasteiger partial charge on any atom is 0.119 e. The molecule has 0 unspecified atom stereocenters. The number of allylic oxidation sites excluding steroid dienone is 4. The Kier molecular flexibility index (Phi) is 8.17. The molecule has 1 heterocycles. The van der Waals surface area contributed by atoms with E-state index in [1.54, 1.807) is 0 Å². The molecule has 5 rings (SSSR count). The fraction of sp³-hybridized carbons (Fsp3) is 0.242. The van der Waals surface area contributed by atoms with Crippen molar-refractivity contribution in [3.05, 3.63) is 114 Å². The second kappa shape index (κ2) is 12.3. The second-order valence-corrected chi connectivity index (χ2v) is 9.42. The van der Waals surface area contributed by atoms with Crippen LogP contribution in [0.5, 0.6) is 11.5 Å². The molecule has 37 heavy (non-hydrogen) atoms. The monoisotopic (exact) mass is 490 g/mol. The normalized spacial score (nSPS) is 12.8. The molecule has 0 atom stereocenters. The van der Waals surface area contributed by atoms with Gasteiger partial charge in [-0.1, -0.05) is 86.9 Å². The molecule has 0 fully saturated rings. The van der Waals surface area contributed by atoms with Crippen molar-refractivity contribution in [2.24, 2.45) is 0 Å². The Balaban J connectivity index is 1.17. The maximum absolute atomic E-state index is 6.01. The molecule has 0 saturated carbocycles. The molecule has 4 heteroatoms. The summed E-state index contributed by atoms with van der Waals surface area (Å²) < 4.78 is 11.8. The van der Waals surface area contributed by atoms with E-state index in [1.807, 2.05) is 24.3 Å². The van der Waals surface area contributed by atoms with Gasteiger partial charge in [-0.05, 0) is 60.0 Å². The smallest absolute Gasteiger partial charge is 0.119 e. The number of aromatic nitrogens is 2. The van der Waals surface area contributed by atoms with Crippen molar-refractivity contribution in [1.29, 1.82) is 0 Å². The van der Waals surface area contributed by atoms with Crippen LogP contribution in [0, 0.1) is 0 Å². The summed E-state index contributed by atoms with van der Waals surface area (Å²) in [6.07, 6.45) is 13.5. The van der Waals surface area contributed by atoms with Gasteiger partial charge in [-0.3, -0.25) is 5.10 Å². The van der Waals surface area contributed by atoms with Gasteiger partial charge in [-0.25, -0.2) is 0 Å². The Bertz CT molecular complexity index is 1320. The van der Waals surface area contributed by atoms with Crippen LogP contribution in [0.3, 0.4) is 0 Å². The zero-order chi connectivity index (χ0) is 25.3. The first-order valence-corrected chi connectivity index (χ1v) is 13.2. The van der Waals surface area contributed by atoms with Crippen molar-refractivity contribution in [3.8, 4) is 34.0 Å². The summed E-state index contributed by atoms with van der Waals surface area (Å²) in [7, 11) is 0. The Morgan fingerprint density at radius 1 is 0.784 bits per heavy atom. The summed E-state index contributed by atoms with van der Waals surface area (Å²) in [6, 6.07) is 26.9. The van der Waals surface area contributed by atoms with E-state index in [9.17, 15) is 0 Å². The number of benzene rings is 3. The van der Waals surface area contributed by atoms with Gasteiger partial charge in [0.2, 0.25) is 0 Å². The fourth-order valence-corrected chi connectivity index (χ4v) is 4.57. The van der Waals surface area contributed by atoms with E-state index >= 15 is 0 Å². The van der Waals surface area contributed by atoms with Crippen LogP contribution in [0.2, 0.25) is 0 Å². The molecule has 0 amide bonds. The lowest BCUT2D eigenvalue weighted by Crippen LogP contribution is -1.98. The number of hydrogen-bond acceptors (Lipinski definition) is 3. The predicted molar refractivity (Wildman–Crippen MR) is 151 cm³/mol. The second-order valence-electron chi connectivity index (χ2n) is 9.42. The Morgan fingerprint density at radius 3 is 2.30 bits per heavy atom. The summed E-state index contributed by atoms with van der Waals surface area (Å²) in [6.45, 7) is 3.52. The molecule has 4 nitrogen and oxygen atoms in total. The summed E-state index contributed by atoms with van der Waals surface area (Å²) in [5, 5.41) is 7.82. The Morgan fingerprint density at radius 2 is 1.51 bits per heavy atom. The highest BCUT2D eigenvalue weighted by atomic mass is 16.5. The summed E-state index contributed by atoms with van der Waals surface area (Å²) in [5.74, 6) is 2.06. The van der Waals surface area contributed by atoms with Gasteiger partial charge in [0.15, 0.2) is 0 Å². The predicted octanol–water partition coefficient (Wildman–Crippen LogP) is 8.49. The number of ether oxygens (including phenoxy) is 2. The van der Waals surface area contributed by atoms with Crippen LogP contribution in [0.1, 0.15) is 49.7 Å². The number of aromatic amines is 1. The minimum absolute atomic E-state index is 0.304. The van der Waals surface area contributed by atoms with Crippen molar-refractivity contribution >= 4 is 0 Å². The van der Waals surface area contributed by atoms with E-state index in [1.165, 1.54) is 30.4 Å². The summed E-state index contributed by atoms with van der Waals surface area (Å²) in [4.78, 5) is 0. The van der Waals surface area contributed by atoms with Gasteiger partial charge in [0, 0.05) is 17.0 Å².